The summed E-state index contributed by atoms with van der Waals surface area (Å²) in [5.74, 6) is 0.931. The van der Waals surface area contributed by atoms with Crippen molar-refractivity contribution in [2.24, 2.45) is 0 Å². The minimum atomic E-state index is -3.63. The average molecular weight is 419 g/mol. The molecule has 2 aromatic rings. The zero-order valence-electron chi connectivity index (χ0n) is 17.1. The molecule has 0 saturated carbocycles. The van der Waals surface area contributed by atoms with E-state index in [2.05, 4.69) is 5.32 Å². The number of benzene rings is 2. The lowest BCUT2D eigenvalue weighted by atomic mass is 10.1. The topological polar surface area (TPSA) is 84.9 Å². The van der Waals surface area contributed by atoms with Crippen LogP contribution in [0.3, 0.4) is 0 Å². The van der Waals surface area contributed by atoms with Crippen LogP contribution in [-0.4, -0.2) is 40.3 Å². The third-order valence-electron chi connectivity index (χ3n) is 4.82. The van der Waals surface area contributed by atoms with Gasteiger partial charge in [0.05, 0.1) is 18.0 Å². The first-order valence-electron chi connectivity index (χ1n) is 9.39. The molecular weight excluding hydrogens is 392 g/mol. The number of sulfonamides is 1. The lowest BCUT2D eigenvalue weighted by Gasteiger charge is -2.26. The van der Waals surface area contributed by atoms with Crippen molar-refractivity contribution in [3.63, 3.8) is 0 Å². The van der Waals surface area contributed by atoms with Crippen molar-refractivity contribution in [2.45, 2.75) is 26.8 Å². The summed E-state index contributed by atoms with van der Waals surface area (Å²) in [6.45, 7) is 6.20. The number of nitrogens with zero attached hydrogens (tertiary/aromatic N) is 1. The molecular formula is C21H26N2O5S. The van der Waals surface area contributed by atoms with Gasteiger partial charge in [0.1, 0.15) is 19.8 Å². The van der Waals surface area contributed by atoms with Gasteiger partial charge in [-0.15, -0.1) is 0 Å². The normalized spacial score (nSPS) is 14.2. The molecule has 0 bridgehead atoms. The highest BCUT2D eigenvalue weighted by atomic mass is 32.2. The first-order chi connectivity index (χ1) is 13.7. The van der Waals surface area contributed by atoms with Crippen LogP contribution in [0.2, 0.25) is 0 Å². The van der Waals surface area contributed by atoms with Crippen LogP contribution in [0.5, 0.6) is 11.5 Å². The molecule has 0 spiro atoms. The van der Waals surface area contributed by atoms with E-state index >= 15 is 0 Å². The number of aryl methyl sites for hydroxylation is 2. The minimum absolute atomic E-state index is 0.292. The number of rotatable bonds is 6. The van der Waals surface area contributed by atoms with Gasteiger partial charge in [-0.05, 0) is 49.6 Å². The zero-order chi connectivity index (χ0) is 21.2. The summed E-state index contributed by atoms with van der Waals surface area (Å²) in [7, 11) is -3.63. The van der Waals surface area contributed by atoms with Gasteiger partial charge in [-0.2, -0.15) is 0 Å². The number of fused-ring (bicyclic) bond motifs is 1. The predicted molar refractivity (Wildman–Crippen MR) is 112 cm³/mol. The number of nitrogens with one attached hydrogen (secondary N) is 1. The summed E-state index contributed by atoms with van der Waals surface area (Å²) in [5.41, 5.74) is 2.98. The van der Waals surface area contributed by atoms with E-state index in [1.807, 2.05) is 57.2 Å². The van der Waals surface area contributed by atoms with Crippen LogP contribution in [0.15, 0.2) is 36.4 Å². The van der Waals surface area contributed by atoms with Crippen LogP contribution in [-0.2, 0) is 14.8 Å². The Kier molecular flexibility index (Phi) is 6.02. The molecule has 0 radical (unpaired) electrons. The van der Waals surface area contributed by atoms with E-state index in [1.165, 1.54) is 0 Å². The first-order valence-corrected chi connectivity index (χ1v) is 11.2. The SMILES string of the molecule is Cc1cccc(C)c1N(CC(=O)NC(C)c1ccc2c(c1)OCCO2)S(C)(=O)=O. The van der Waals surface area contributed by atoms with Gasteiger partial charge in [0.2, 0.25) is 15.9 Å². The smallest absolute Gasteiger partial charge is 0.241 e. The second-order valence-corrected chi connectivity index (χ2v) is 9.11. The van der Waals surface area contributed by atoms with Crippen LogP contribution < -0.4 is 19.1 Å². The van der Waals surface area contributed by atoms with Gasteiger partial charge in [0.15, 0.2) is 11.5 Å². The fourth-order valence-electron chi connectivity index (χ4n) is 3.39. The Morgan fingerprint density at radius 2 is 1.72 bits per heavy atom. The van der Waals surface area contributed by atoms with Crippen molar-refractivity contribution >= 4 is 21.6 Å². The lowest BCUT2D eigenvalue weighted by Crippen LogP contribution is -2.41. The molecule has 3 rings (SSSR count). The van der Waals surface area contributed by atoms with Gasteiger partial charge < -0.3 is 14.8 Å². The molecule has 1 atom stereocenters. The molecule has 7 nitrogen and oxygen atoms in total. The number of ether oxygens (including phenoxy) is 2. The van der Waals surface area contributed by atoms with Gasteiger partial charge in [-0.1, -0.05) is 24.3 Å². The summed E-state index contributed by atoms with van der Waals surface area (Å²) in [5, 5.41) is 2.87. The van der Waals surface area contributed by atoms with Crippen molar-refractivity contribution in [2.75, 3.05) is 30.3 Å². The second-order valence-electron chi connectivity index (χ2n) is 7.20. The summed E-state index contributed by atoms with van der Waals surface area (Å²) in [6.07, 6.45) is 1.11. The van der Waals surface area contributed by atoms with E-state index in [1.54, 1.807) is 0 Å². The maximum Gasteiger partial charge on any atom is 0.241 e. The molecule has 1 aliphatic rings. The van der Waals surface area contributed by atoms with Crippen molar-refractivity contribution in [3.8, 4) is 11.5 Å². The number of amides is 1. The molecule has 1 aliphatic heterocycles. The van der Waals surface area contributed by atoms with Crippen LogP contribution in [0.25, 0.3) is 0 Å². The van der Waals surface area contributed by atoms with Gasteiger partial charge in [0, 0.05) is 0 Å². The van der Waals surface area contributed by atoms with Gasteiger partial charge in [-0.25, -0.2) is 8.42 Å². The molecule has 0 aromatic heterocycles. The van der Waals surface area contributed by atoms with Crippen molar-refractivity contribution in [1.82, 2.24) is 5.32 Å². The lowest BCUT2D eigenvalue weighted by molar-refractivity contribution is -0.120. The monoisotopic (exact) mass is 418 g/mol. The fourth-order valence-corrected chi connectivity index (χ4v) is 4.36. The Bertz CT molecular complexity index is 999. The Balaban J connectivity index is 1.77. The Morgan fingerprint density at radius 1 is 1.10 bits per heavy atom. The van der Waals surface area contributed by atoms with Crippen LogP contribution >= 0.6 is 0 Å². The number of hydrogen-bond acceptors (Lipinski definition) is 5. The van der Waals surface area contributed by atoms with Crippen molar-refractivity contribution in [3.05, 3.63) is 53.1 Å². The summed E-state index contributed by atoms with van der Waals surface area (Å²) < 4.78 is 37.1. The third-order valence-corrected chi connectivity index (χ3v) is 5.93. The molecule has 1 amide bonds. The van der Waals surface area contributed by atoms with Gasteiger partial charge in [-0.3, -0.25) is 9.10 Å². The number of hydrogen-bond donors (Lipinski definition) is 1. The van der Waals surface area contributed by atoms with Gasteiger partial charge >= 0.3 is 0 Å². The second kappa shape index (κ2) is 8.32. The van der Waals surface area contributed by atoms with E-state index < -0.39 is 10.0 Å². The van der Waals surface area contributed by atoms with E-state index in [0.717, 1.165) is 27.3 Å². The van der Waals surface area contributed by atoms with E-state index in [9.17, 15) is 13.2 Å². The Hall–Kier alpha value is -2.74. The van der Waals surface area contributed by atoms with Gasteiger partial charge in [0.25, 0.3) is 0 Å². The maximum absolute atomic E-state index is 12.7. The zero-order valence-corrected chi connectivity index (χ0v) is 17.9. The molecule has 29 heavy (non-hydrogen) atoms. The summed E-state index contributed by atoms with van der Waals surface area (Å²) in [6, 6.07) is 10.7. The molecule has 156 valence electrons. The summed E-state index contributed by atoms with van der Waals surface area (Å²) in [4.78, 5) is 12.7. The number of carbonyl (C=O) groups excluding carboxylic acids is 1. The fraction of sp³-hybridized carbons (Fsp3) is 0.381. The predicted octanol–water partition coefficient (Wildman–Crippen LogP) is 2.72. The molecule has 0 saturated heterocycles. The van der Waals surface area contributed by atoms with E-state index in [0.29, 0.717) is 30.4 Å². The third kappa shape index (κ3) is 4.82. The average Bonchev–Trinajstić information content (AvgIpc) is 2.65. The molecule has 1 unspecified atom stereocenters. The van der Waals surface area contributed by atoms with Crippen molar-refractivity contribution < 1.29 is 22.7 Å². The highest BCUT2D eigenvalue weighted by Crippen LogP contribution is 2.32. The number of carbonyl (C=O) groups is 1. The molecule has 0 fully saturated rings. The summed E-state index contributed by atoms with van der Waals surface area (Å²) >= 11 is 0. The Labute approximate surface area is 171 Å². The molecule has 0 aliphatic carbocycles. The van der Waals surface area contributed by atoms with Crippen LogP contribution in [0.1, 0.15) is 29.7 Å². The van der Waals surface area contributed by atoms with E-state index in [-0.39, 0.29) is 18.5 Å². The van der Waals surface area contributed by atoms with E-state index in [4.69, 9.17) is 9.47 Å². The molecule has 8 heteroatoms. The maximum atomic E-state index is 12.7. The highest BCUT2D eigenvalue weighted by molar-refractivity contribution is 7.92. The molecule has 1 heterocycles. The highest BCUT2D eigenvalue weighted by Gasteiger charge is 2.25. The van der Waals surface area contributed by atoms with Crippen LogP contribution in [0, 0.1) is 13.8 Å². The standard InChI is InChI=1S/C21H26N2O5S/c1-14-6-5-7-15(2)21(14)23(29(4,25)26)13-20(24)22-16(3)17-8-9-18-19(12-17)28-11-10-27-18/h5-9,12,16H,10-11,13H2,1-4H3,(H,22,24). The molecule has 2 aromatic carbocycles. The number of anilines is 1. The molecule has 1 N–H and O–H groups in total. The Morgan fingerprint density at radius 3 is 2.34 bits per heavy atom. The van der Waals surface area contributed by atoms with Crippen molar-refractivity contribution in [1.29, 1.82) is 0 Å². The van der Waals surface area contributed by atoms with Crippen LogP contribution in [0.4, 0.5) is 5.69 Å². The largest absolute Gasteiger partial charge is 0.486 e. The quantitative estimate of drug-likeness (QED) is 0.780. The number of para-hydroxylation sites is 1. The minimum Gasteiger partial charge on any atom is -0.486 e. The first kappa shape index (κ1) is 21.0.